The van der Waals surface area contributed by atoms with Gasteiger partial charge in [-0.15, -0.1) is 0 Å². The predicted octanol–water partition coefficient (Wildman–Crippen LogP) is 2.48. The molecule has 1 aromatic carbocycles. The van der Waals surface area contributed by atoms with Gasteiger partial charge in [0.15, 0.2) is 0 Å². The largest absolute Gasteiger partial charge is 0.259 e. The summed E-state index contributed by atoms with van der Waals surface area (Å²) in [6, 6.07) is 15.1. The van der Waals surface area contributed by atoms with Crippen LogP contribution in [0.5, 0.6) is 0 Å². The minimum Gasteiger partial charge on any atom is -0.259 e. The van der Waals surface area contributed by atoms with Crippen molar-refractivity contribution in [2.24, 2.45) is 0 Å². The Hall–Kier alpha value is -1.72. The van der Waals surface area contributed by atoms with Gasteiger partial charge >= 0.3 is 0 Å². The van der Waals surface area contributed by atoms with E-state index < -0.39 is 15.6 Å². The van der Waals surface area contributed by atoms with Gasteiger partial charge in [0.2, 0.25) is 10.0 Å². The standard InChI is InChI=1S/C16H20N2O2S/c1-16(2,15-10-6-7-12-17-15)18-21(19,20)13-11-14-8-4-3-5-9-14/h3-10,12,18H,11,13H2,1-2H3. The summed E-state index contributed by atoms with van der Waals surface area (Å²) in [5.41, 5.74) is 0.989. The van der Waals surface area contributed by atoms with Crippen molar-refractivity contribution in [1.82, 2.24) is 9.71 Å². The van der Waals surface area contributed by atoms with E-state index in [4.69, 9.17) is 0 Å². The van der Waals surface area contributed by atoms with E-state index in [9.17, 15) is 8.42 Å². The molecule has 2 aromatic rings. The summed E-state index contributed by atoms with van der Waals surface area (Å²) in [6.45, 7) is 3.63. The van der Waals surface area contributed by atoms with Crippen molar-refractivity contribution in [3.8, 4) is 0 Å². The number of hydrogen-bond acceptors (Lipinski definition) is 3. The van der Waals surface area contributed by atoms with E-state index in [1.807, 2.05) is 62.4 Å². The molecule has 21 heavy (non-hydrogen) atoms. The highest BCUT2D eigenvalue weighted by Gasteiger charge is 2.27. The Morgan fingerprint density at radius 2 is 1.71 bits per heavy atom. The van der Waals surface area contributed by atoms with Crippen LogP contribution in [0.4, 0.5) is 0 Å². The van der Waals surface area contributed by atoms with Gasteiger partial charge in [0.05, 0.1) is 17.0 Å². The normalized spacial score (nSPS) is 12.3. The van der Waals surface area contributed by atoms with E-state index in [-0.39, 0.29) is 5.75 Å². The third-order valence-corrected chi connectivity index (χ3v) is 4.78. The molecule has 1 aromatic heterocycles. The number of hydrogen-bond donors (Lipinski definition) is 1. The molecule has 1 N–H and O–H groups in total. The molecule has 0 radical (unpaired) electrons. The Kier molecular flexibility index (Phi) is 4.75. The van der Waals surface area contributed by atoms with Crippen LogP contribution in [0.1, 0.15) is 25.1 Å². The molecule has 4 nitrogen and oxygen atoms in total. The molecule has 0 bridgehead atoms. The lowest BCUT2D eigenvalue weighted by molar-refractivity contribution is 0.460. The first-order valence-electron chi connectivity index (χ1n) is 6.86. The summed E-state index contributed by atoms with van der Waals surface area (Å²) in [6.07, 6.45) is 2.16. The zero-order valence-corrected chi connectivity index (χ0v) is 13.1. The van der Waals surface area contributed by atoms with E-state index >= 15 is 0 Å². The van der Waals surface area contributed by atoms with E-state index in [2.05, 4.69) is 9.71 Å². The van der Waals surface area contributed by atoms with Crippen LogP contribution < -0.4 is 4.72 Å². The van der Waals surface area contributed by atoms with Crippen molar-refractivity contribution in [3.63, 3.8) is 0 Å². The number of pyridine rings is 1. The van der Waals surface area contributed by atoms with E-state index in [0.717, 1.165) is 5.56 Å². The summed E-state index contributed by atoms with van der Waals surface area (Å²) in [4.78, 5) is 4.23. The Morgan fingerprint density at radius 3 is 2.33 bits per heavy atom. The predicted molar refractivity (Wildman–Crippen MR) is 84.3 cm³/mol. The topological polar surface area (TPSA) is 59.1 Å². The first-order chi connectivity index (χ1) is 9.89. The Bertz CT molecular complexity index is 668. The van der Waals surface area contributed by atoms with Crippen molar-refractivity contribution in [1.29, 1.82) is 0 Å². The molecular formula is C16H20N2O2S. The van der Waals surface area contributed by atoms with E-state index in [1.165, 1.54) is 0 Å². The number of rotatable bonds is 6. The van der Waals surface area contributed by atoms with Crippen LogP contribution in [0.3, 0.4) is 0 Å². The Morgan fingerprint density at radius 1 is 1.05 bits per heavy atom. The zero-order chi connectivity index (χ0) is 15.3. The van der Waals surface area contributed by atoms with Gasteiger partial charge in [0.1, 0.15) is 0 Å². The second kappa shape index (κ2) is 6.37. The second-order valence-corrected chi connectivity index (χ2v) is 7.34. The summed E-state index contributed by atoms with van der Waals surface area (Å²) >= 11 is 0. The van der Waals surface area contributed by atoms with Crippen LogP contribution in [0.15, 0.2) is 54.7 Å². The summed E-state index contributed by atoms with van der Waals surface area (Å²) < 4.78 is 27.2. The second-order valence-electron chi connectivity index (χ2n) is 5.50. The number of sulfonamides is 1. The lowest BCUT2D eigenvalue weighted by Crippen LogP contribution is -2.42. The molecule has 0 atom stereocenters. The first-order valence-corrected chi connectivity index (χ1v) is 8.51. The van der Waals surface area contributed by atoms with E-state index in [1.54, 1.807) is 6.20 Å². The van der Waals surface area contributed by atoms with Gasteiger partial charge in [-0.2, -0.15) is 0 Å². The molecule has 0 saturated carbocycles. The highest BCUT2D eigenvalue weighted by Crippen LogP contribution is 2.18. The summed E-state index contributed by atoms with van der Waals surface area (Å²) in [5, 5.41) is 0. The number of aromatic nitrogens is 1. The van der Waals surface area contributed by atoms with Crippen molar-refractivity contribution < 1.29 is 8.42 Å². The van der Waals surface area contributed by atoms with Crippen LogP contribution >= 0.6 is 0 Å². The Labute approximate surface area is 126 Å². The molecule has 0 fully saturated rings. The van der Waals surface area contributed by atoms with Crippen LogP contribution in [0.2, 0.25) is 0 Å². The fourth-order valence-electron chi connectivity index (χ4n) is 2.12. The van der Waals surface area contributed by atoms with Gasteiger partial charge in [-0.1, -0.05) is 36.4 Å². The number of nitrogens with one attached hydrogen (secondary N) is 1. The quantitative estimate of drug-likeness (QED) is 0.892. The Balaban J connectivity index is 2.04. The van der Waals surface area contributed by atoms with Gasteiger partial charge in [-0.3, -0.25) is 4.98 Å². The van der Waals surface area contributed by atoms with Crippen LogP contribution in [0, 0.1) is 0 Å². The molecule has 2 rings (SSSR count). The molecule has 0 spiro atoms. The lowest BCUT2D eigenvalue weighted by Gasteiger charge is -2.25. The smallest absolute Gasteiger partial charge is 0.212 e. The third-order valence-electron chi connectivity index (χ3n) is 3.22. The number of aryl methyl sites for hydroxylation is 1. The molecule has 0 aliphatic rings. The monoisotopic (exact) mass is 304 g/mol. The average Bonchev–Trinajstić information content (AvgIpc) is 2.46. The SMILES string of the molecule is CC(C)(NS(=O)(=O)CCc1ccccc1)c1ccccn1. The zero-order valence-electron chi connectivity index (χ0n) is 12.3. The van der Waals surface area contributed by atoms with Gasteiger partial charge in [0, 0.05) is 6.20 Å². The first kappa shape index (κ1) is 15.7. The summed E-state index contributed by atoms with van der Waals surface area (Å²) in [5.74, 6) is 0.0628. The van der Waals surface area contributed by atoms with Gasteiger partial charge in [0.25, 0.3) is 0 Å². The summed E-state index contributed by atoms with van der Waals surface area (Å²) in [7, 11) is -3.38. The van der Waals surface area contributed by atoms with E-state index in [0.29, 0.717) is 12.1 Å². The molecule has 1 heterocycles. The molecule has 112 valence electrons. The molecule has 0 saturated heterocycles. The maximum Gasteiger partial charge on any atom is 0.212 e. The minimum absolute atomic E-state index is 0.0628. The molecule has 0 aliphatic carbocycles. The van der Waals surface area contributed by atoms with Crippen LogP contribution in [-0.4, -0.2) is 19.2 Å². The molecule has 5 heteroatoms. The number of nitrogens with zero attached hydrogens (tertiary/aromatic N) is 1. The third kappa shape index (κ3) is 4.65. The molecule has 0 aliphatic heterocycles. The van der Waals surface area contributed by atoms with Gasteiger partial charge in [-0.05, 0) is 38.0 Å². The molecular weight excluding hydrogens is 284 g/mol. The van der Waals surface area contributed by atoms with Crippen LogP contribution in [-0.2, 0) is 22.0 Å². The van der Waals surface area contributed by atoms with Gasteiger partial charge < -0.3 is 0 Å². The maximum atomic E-state index is 12.3. The minimum atomic E-state index is -3.38. The lowest BCUT2D eigenvalue weighted by atomic mass is 10.0. The molecule has 0 amide bonds. The number of benzene rings is 1. The fraction of sp³-hybridized carbons (Fsp3) is 0.312. The highest BCUT2D eigenvalue weighted by atomic mass is 32.2. The average molecular weight is 304 g/mol. The van der Waals surface area contributed by atoms with Gasteiger partial charge in [-0.25, -0.2) is 13.1 Å². The highest BCUT2D eigenvalue weighted by molar-refractivity contribution is 7.89. The fourth-order valence-corrected chi connectivity index (χ4v) is 3.61. The van der Waals surface area contributed by atoms with Crippen molar-refractivity contribution in [2.45, 2.75) is 25.8 Å². The van der Waals surface area contributed by atoms with Crippen molar-refractivity contribution >= 4 is 10.0 Å². The van der Waals surface area contributed by atoms with Crippen molar-refractivity contribution in [2.75, 3.05) is 5.75 Å². The molecule has 0 unspecified atom stereocenters. The maximum absolute atomic E-state index is 12.3. The van der Waals surface area contributed by atoms with Crippen LogP contribution in [0.25, 0.3) is 0 Å². The van der Waals surface area contributed by atoms with Crippen molar-refractivity contribution in [3.05, 3.63) is 66.0 Å².